The number of nitro benzene ring substituents is 1. The van der Waals surface area contributed by atoms with Crippen molar-refractivity contribution >= 4 is 15.7 Å². The van der Waals surface area contributed by atoms with Gasteiger partial charge >= 0.3 is 5.69 Å². The van der Waals surface area contributed by atoms with Crippen LogP contribution in [0.3, 0.4) is 0 Å². The van der Waals surface area contributed by atoms with Crippen molar-refractivity contribution in [2.45, 2.75) is 24.7 Å². The van der Waals surface area contributed by atoms with E-state index < -0.39 is 37.1 Å². The number of hydrogen-bond acceptors (Lipinski definition) is 6. The van der Waals surface area contributed by atoms with Crippen molar-refractivity contribution in [3.8, 4) is 5.75 Å². The minimum Gasteiger partial charge on any atom is -0.488 e. The van der Waals surface area contributed by atoms with Gasteiger partial charge in [0.05, 0.1) is 16.9 Å². The van der Waals surface area contributed by atoms with Crippen molar-refractivity contribution < 1.29 is 22.5 Å². The maximum atomic E-state index is 13.9. The molecule has 10 heteroatoms. The Morgan fingerprint density at radius 3 is 2.58 bits per heavy atom. The Balaban J connectivity index is 2.27. The maximum absolute atomic E-state index is 13.9. The van der Waals surface area contributed by atoms with Gasteiger partial charge in [0, 0.05) is 12.6 Å². The molecule has 2 N–H and O–H groups in total. The number of sulfonamides is 1. The molecule has 0 bridgehead atoms. The highest BCUT2D eigenvalue weighted by Crippen LogP contribution is 2.33. The summed E-state index contributed by atoms with van der Waals surface area (Å²) < 4.78 is 45.8. The van der Waals surface area contributed by atoms with E-state index in [1.54, 1.807) is 0 Å². The van der Waals surface area contributed by atoms with Crippen LogP contribution >= 0.6 is 0 Å². The van der Waals surface area contributed by atoms with E-state index in [1.807, 2.05) is 6.92 Å². The van der Waals surface area contributed by atoms with Gasteiger partial charge < -0.3 is 10.1 Å². The number of piperidine rings is 1. The van der Waals surface area contributed by atoms with Crippen molar-refractivity contribution in [2.75, 3.05) is 26.7 Å². The molecule has 0 aromatic heterocycles. The van der Waals surface area contributed by atoms with Crippen LogP contribution in [0.2, 0.25) is 0 Å². The van der Waals surface area contributed by atoms with Crippen molar-refractivity contribution in [1.82, 2.24) is 10.0 Å². The first kappa shape index (κ1) is 18.6. The highest BCUT2D eigenvalue weighted by Gasteiger charge is 2.30. The first-order valence-electron chi connectivity index (χ1n) is 7.41. The molecule has 0 amide bonds. The van der Waals surface area contributed by atoms with Crippen LogP contribution in [0.5, 0.6) is 5.75 Å². The Hall–Kier alpha value is -1.78. The summed E-state index contributed by atoms with van der Waals surface area (Å²) in [6.07, 6.45) is 1.60. The smallest absolute Gasteiger partial charge is 0.315 e. The Morgan fingerprint density at radius 2 is 2.04 bits per heavy atom. The number of hydrogen-bond donors (Lipinski definition) is 2. The minimum atomic E-state index is -4.07. The summed E-state index contributed by atoms with van der Waals surface area (Å²) >= 11 is 0. The summed E-state index contributed by atoms with van der Waals surface area (Å²) in [6, 6.07) is 1.52. The third-order valence-corrected chi connectivity index (χ3v) is 5.59. The lowest BCUT2D eigenvalue weighted by Crippen LogP contribution is -2.42. The monoisotopic (exact) mass is 361 g/mol. The Bertz CT molecular complexity index is 732. The van der Waals surface area contributed by atoms with E-state index in [0.29, 0.717) is 0 Å². The van der Waals surface area contributed by atoms with Gasteiger partial charge in [0.25, 0.3) is 0 Å². The Kier molecular flexibility index (Phi) is 5.41. The van der Waals surface area contributed by atoms with Gasteiger partial charge in [-0.25, -0.2) is 17.5 Å². The van der Waals surface area contributed by atoms with Gasteiger partial charge in [0.2, 0.25) is 15.8 Å². The number of nitro groups is 1. The van der Waals surface area contributed by atoms with Crippen molar-refractivity contribution in [3.05, 3.63) is 28.1 Å². The maximum Gasteiger partial charge on any atom is 0.315 e. The molecule has 8 nitrogen and oxygen atoms in total. The molecule has 1 fully saturated rings. The predicted octanol–water partition coefficient (Wildman–Crippen LogP) is 1.41. The molecule has 0 aliphatic carbocycles. The minimum absolute atomic E-state index is 0.179. The van der Waals surface area contributed by atoms with Gasteiger partial charge in [-0.05, 0) is 37.4 Å². The second kappa shape index (κ2) is 6.99. The number of halogens is 1. The largest absolute Gasteiger partial charge is 0.488 e. The first-order chi connectivity index (χ1) is 11.2. The number of nitrogens with one attached hydrogen (secondary N) is 2. The summed E-state index contributed by atoms with van der Waals surface area (Å²) in [5.74, 6) is -1.69. The van der Waals surface area contributed by atoms with Gasteiger partial charge in [-0.3, -0.25) is 10.1 Å². The molecule has 1 saturated heterocycles. The molecule has 1 aliphatic rings. The topological polar surface area (TPSA) is 111 Å². The highest BCUT2D eigenvalue weighted by atomic mass is 32.2. The number of methoxy groups -OCH3 is 1. The molecular formula is C14H20FN3O5S. The van der Waals surface area contributed by atoms with Crippen LogP contribution in [-0.2, 0) is 10.0 Å². The van der Waals surface area contributed by atoms with Crippen LogP contribution in [0.4, 0.5) is 10.1 Å². The Labute approximate surface area is 139 Å². The molecule has 24 heavy (non-hydrogen) atoms. The van der Waals surface area contributed by atoms with Gasteiger partial charge in [0.15, 0.2) is 5.82 Å². The lowest BCUT2D eigenvalue weighted by Gasteiger charge is -2.34. The van der Waals surface area contributed by atoms with Crippen molar-refractivity contribution in [1.29, 1.82) is 0 Å². The zero-order valence-electron chi connectivity index (χ0n) is 13.5. The SMILES string of the molecule is COc1c(F)cc(S(=O)(=O)NCC2(C)CCNCC2)cc1[N+](=O)[O-]. The molecule has 2 rings (SSSR count). The van der Waals surface area contributed by atoms with Crippen LogP contribution in [0.1, 0.15) is 19.8 Å². The fraction of sp³-hybridized carbons (Fsp3) is 0.571. The molecule has 1 aromatic rings. The second-order valence-corrected chi connectivity index (χ2v) is 7.87. The van der Waals surface area contributed by atoms with E-state index in [2.05, 4.69) is 14.8 Å². The van der Waals surface area contributed by atoms with Gasteiger partial charge in [-0.15, -0.1) is 0 Å². The number of benzene rings is 1. The van der Waals surface area contributed by atoms with E-state index in [1.165, 1.54) is 0 Å². The average molecular weight is 361 g/mol. The molecular weight excluding hydrogens is 341 g/mol. The number of ether oxygens (including phenoxy) is 1. The fourth-order valence-corrected chi connectivity index (χ4v) is 3.84. The molecule has 0 saturated carbocycles. The molecule has 0 atom stereocenters. The van der Waals surface area contributed by atoms with Crippen LogP contribution in [0.15, 0.2) is 17.0 Å². The zero-order valence-corrected chi connectivity index (χ0v) is 14.3. The van der Waals surface area contributed by atoms with Crippen LogP contribution in [0.25, 0.3) is 0 Å². The lowest BCUT2D eigenvalue weighted by molar-refractivity contribution is -0.386. The molecule has 1 heterocycles. The van der Waals surface area contributed by atoms with Gasteiger partial charge in [-0.1, -0.05) is 6.92 Å². The summed E-state index contributed by atoms with van der Waals surface area (Å²) in [5, 5.41) is 14.2. The van der Waals surface area contributed by atoms with Crippen LogP contribution in [0, 0.1) is 21.3 Å². The summed E-state index contributed by atoms with van der Waals surface area (Å²) in [7, 11) is -2.99. The fourth-order valence-electron chi connectivity index (χ4n) is 2.61. The molecule has 0 spiro atoms. The van der Waals surface area contributed by atoms with Crippen molar-refractivity contribution in [3.63, 3.8) is 0 Å². The number of nitrogens with zero attached hydrogens (tertiary/aromatic N) is 1. The first-order valence-corrected chi connectivity index (χ1v) is 8.89. The molecule has 0 unspecified atom stereocenters. The average Bonchev–Trinajstić information content (AvgIpc) is 2.53. The second-order valence-electron chi connectivity index (χ2n) is 6.10. The lowest BCUT2D eigenvalue weighted by atomic mass is 9.81. The number of rotatable bonds is 6. The quantitative estimate of drug-likeness (QED) is 0.585. The molecule has 1 aromatic carbocycles. The van der Waals surface area contributed by atoms with Crippen molar-refractivity contribution in [2.24, 2.45) is 5.41 Å². The highest BCUT2D eigenvalue weighted by molar-refractivity contribution is 7.89. The van der Waals surface area contributed by atoms with E-state index in [9.17, 15) is 22.9 Å². The zero-order chi connectivity index (χ0) is 18.0. The molecule has 134 valence electrons. The van der Waals surface area contributed by atoms with E-state index in [0.717, 1.165) is 45.2 Å². The van der Waals surface area contributed by atoms with Gasteiger partial charge in [0.1, 0.15) is 0 Å². The summed E-state index contributed by atoms with van der Waals surface area (Å²) in [6.45, 7) is 3.73. The van der Waals surface area contributed by atoms with Crippen LogP contribution in [-0.4, -0.2) is 40.1 Å². The standard InChI is InChI=1S/C14H20FN3O5S/c1-14(3-5-16-6-4-14)9-17-24(21,22)10-7-11(15)13(23-2)12(8-10)18(19)20/h7-8,16-17H,3-6,9H2,1-2H3. The van der Waals surface area contributed by atoms with Crippen LogP contribution < -0.4 is 14.8 Å². The summed E-state index contributed by atoms with van der Waals surface area (Å²) in [4.78, 5) is 9.63. The summed E-state index contributed by atoms with van der Waals surface area (Å²) in [5.41, 5.74) is -0.944. The van der Waals surface area contributed by atoms with E-state index >= 15 is 0 Å². The van der Waals surface area contributed by atoms with E-state index in [4.69, 9.17) is 0 Å². The predicted molar refractivity (Wildman–Crippen MR) is 85.0 cm³/mol. The molecule has 0 radical (unpaired) electrons. The Morgan fingerprint density at radius 1 is 1.42 bits per heavy atom. The third kappa shape index (κ3) is 4.00. The molecule has 1 aliphatic heterocycles. The third-order valence-electron chi connectivity index (χ3n) is 4.21. The van der Waals surface area contributed by atoms with E-state index in [-0.39, 0.29) is 12.0 Å². The normalized spacial score (nSPS) is 17.5. The van der Waals surface area contributed by atoms with Gasteiger partial charge in [-0.2, -0.15) is 0 Å².